The molecule has 3 heteroatoms. The highest BCUT2D eigenvalue weighted by Crippen LogP contribution is 1.97. The zero-order valence-electron chi connectivity index (χ0n) is 9.08. The summed E-state index contributed by atoms with van der Waals surface area (Å²) in [6.45, 7) is 5.96. The number of carbonyl (C=O) groups is 1. The van der Waals surface area contributed by atoms with Crippen LogP contribution >= 0.6 is 0 Å². The number of hydrogen-bond acceptors (Lipinski definition) is 2. The first-order valence-corrected chi connectivity index (χ1v) is 4.82. The second-order valence-electron chi connectivity index (χ2n) is 3.17. The number of aliphatic hydroxyl groups is 1. The van der Waals surface area contributed by atoms with E-state index >= 15 is 0 Å². The van der Waals surface area contributed by atoms with Crippen LogP contribution in [0.25, 0.3) is 0 Å². The van der Waals surface area contributed by atoms with Crippen LogP contribution < -0.4 is 5.32 Å². The average Bonchev–Trinajstić information content (AvgIpc) is 2.22. The van der Waals surface area contributed by atoms with Crippen LogP contribution in [0, 0.1) is 5.92 Å². The van der Waals surface area contributed by atoms with E-state index < -0.39 is 0 Å². The SMILES string of the molecule is C/C=C\C(=C/C)CNC(=O)C(C)CO. The van der Waals surface area contributed by atoms with E-state index in [1.54, 1.807) is 6.92 Å². The summed E-state index contributed by atoms with van der Waals surface area (Å²) in [5.41, 5.74) is 1.06. The average molecular weight is 197 g/mol. The molecule has 0 rings (SSSR count). The van der Waals surface area contributed by atoms with E-state index in [9.17, 15) is 4.79 Å². The standard InChI is InChI=1S/C11H19NO2/c1-4-6-10(5-2)7-12-11(14)9(3)8-13/h4-6,9,13H,7-8H2,1-3H3,(H,12,14)/b6-4-,10-5+. The van der Waals surface area contributed by atoms with E-state index in [0.29, 0.717) is 6.54 Å². The summed E-state index contributed by atoms with van der Waals surface area (Å²) in [7, 11) is 0. The summed E-state index contributed by atoms with van der Waals surface area (Å²) in [5, 5.41) is 11.5. The molecule has 0 saturated heterocycles. The molecule has 0 fully saturated rings. The van der Waals surface area contributed by atoms with Crippen molar-refractivity contribution in [1.29, 1.82) is 0 Å². The first-order chi connectivity index (χ1) is 6.65. The number of carbonyl (C=O) groups excluding carboxylic acids is 1. The summed E-state index contributed by atoms with van der Waals surface area (Å²) in [6, 6.07) is 0. The van der Waals surface area contributed by atoms with Gasteiger partial charge in [-0.3, -0.25) is 4.79 Å². The zero-order valence-corrected chi connectivity index (χ0v) is 9.08. The summed E-state index contributed by atoms with van der Waals surface area (Å²) in [5.74, 6) is -0.449. The molecule has 0 aliphatic rings. The van der Waals surface area contributed by atoms with Crippen molar-refractivity contribution < 1.29 is 9.90 Å². The third kappa shape index (κ3) is 4.82. The smallest absolute Gasteiger partial charge is 0.225 e. The minimum absolute atomic E-state index is 0.110. The molecule has 1 amide bonds. The Morgan fingerprint density at radius 3 is 2.57 bits per heavy atom. The molecule has 0 radical (unpaired) electrons. The maximum Gasteiger partial charge on any atom is 0.225 e. The van der Waals surface area contributed by atoms with Crippen molar-refractivity contribution in [3.8, 4) is 0 Å². The normalized spacial score (nSPS) is 14.4. The molecule has 14 heavy (non-hydrogen) atoms. The quantitative estimate of drug-likeness (QED) is 0.652. The van der Waals surface area contributed by atoms with E-state index in [4.69, 9.17) is 5.11 Å². The summed E-state index contributed by atoms with van der Waals surface area (Å²) in [4.78, 5) is 11.3. The Kier molecular flexibility index (Phi) is 6.76. The lowest BCUT2D eigenvalue weighted by molar-refractivity contribution is -0.125. The Morgan fingerprint density at radius 2 is 2.14 bits per heavy atom. The van der Waals surface area contributed by atoms with Gasteiger partial charge in [0, 0.05) is 6.54 Å². The molecular formula is C11H19NO2. The molecule has 0 bridgehead atoms. The molecule has 3 nitrogen and oxygen atoms in total. The van der Waals surface area contributed by atoms with Gasteiger partial charge in [-0.2, -0.15) is 0 Å². The lowest BCUT2D eigenvalue weighted by Gasteiger charge is -2.09. The number of nitrogens with one attached hydrogen (secondary N) is 1. The van der Waals surface area contributed by atoms with Crippen molar-refractivity contribution in [2.45, 2.75) is 20.8 Å². The van der Waals surface area contributed by atoms with Crippen molar-refractivity contribution in [2.24, 2.45) is 5.92 Å². The summed E-state index contributed by atoms with van der Waals surface area (Å²) >= 11 is 0. The Bertz CT molecular complexity index is 231. The second kappa shape index (κ2) is 7.33. The zero-order chi connectivity index (χ0) is 11.0. The highest BCUT2D eigenvalue weighted by molar-refractivity contribution is 5.78. The summed E-state index contributed by atoms with van der Waals surface area (Å²) in [6.07, 6.45) is 5.82. The molecule has 0 aromatic rings. The molecule has 0 aromatic carbocycles. The van der Waals surface area contributed by atoms with Crippen LogP contribution in [0.1, 0.15) is 20.8 Å². The predicted octanol–water partition coefficient (Wildman–Crippen LogP) is 1.25. The van der Waals surface area contributed by atoms with E-state index in [-0.39, 0.29) is 18.4 Å². The maximum absolute atomic E-state index is 11.3. The minimum atomic E-state index is -0.335. The molecule has 0 aliphatic heterocycles. The molecule has 2 N–H and O–H groups in total. The van der Waals surface area contributed by atoms with E-state index in [1.165, 1.54) is 0 Å². The number of amides is 1. The van der Waals surface area contributed by atoms with Crippen molar-refractivity contribution >= 4 is 5.91 Å². The fourth-order valence-electron chi connectivity index (χ4n) is 0.918. The van der Waals surface area contributed by atoms with Crippen LogP contribution in [0.4, 0.5) is 0 Å². The van der Waals surface area contributed by atoms with Crippen molar-refractivity contribution in [3.63, 3.8) is 0 Å². The largest absolute Gasteiger partial charge is 0.396 e. The number of rotatable bonds is 5. The van der Waals surface area contributed by atoms with Gasteiger partial charge in [0.2, 0.25) is 5.91 Å². The van der Waals surface area contributed by atoms with Crippen LogP contribution in [0.3, 0.4) is 0 Å². The Labute approximate surface area is 85.5 Å². The van der Waals surface area contributed by atoms with E-state index in [2.05, 4.69) is 5.32 Å². The van der Waals surface area contributed by atoms with Gasteiger partial charge in [0.05, 0.1) is 12.5 Å². The molecule has 0 saturated carbocycles. The van der Waals surface area contributed by atoms with Gasteiger partial charge in [0.1, 0.15) is 0 Å². The molecule has 0 spiro atoms. The predicted molar refractivity (Wildman–Crippen MR) is 57.8 cm³/mol. The van der Waals surface area contributed by atoms with E-state index in [0.717, 1.165) is 5.57 Å². The van der Waals surface area contributed by atoms with Crippen LogP contribution in [-0.2, 0) is 4.79 Å². The van der Waals surface area contributed by atoms with Crippen LogP contribution in [-0.4, -0.2) is 24.2 Å². The van der Waals surface area contributed by atoms with Crippen molar-refractivity contribution in [1.82, 2.24) is 5.32 Å². The highest BCUT2D eigenvalue weighted by atomic mass is 16.3. The lowest BCUT2D eigenvalue weighted by atomic mass is 10.1. The Balaban J connectivity index is 3.98. The molecule has 1 atom stereocenters. The maximum atomic E-state index is 11.3. The first-order valence-electron chi connectivity index (χ1n) is 4.82. The number of allylic oxidation sites excluding steroid dienone is 2. The molecule has 0 aliphatic carbocycles. The van der Waals surface area contributed by atoms with Gasteiger partial charge in [-0.25, -0.2) is 0 Å². The first kappa shape index (κ1) is 12.9. The lowest BCUT2D eigenvalue weighted by Crippen LogP contribution is -2.32. The monoisotopic (exact) mass is 197 g/mol. The highest BCUT2D eigenvalue weighted by Gasteiger charge is 2.10. The van der Waals surface area contributed by atoms with Gasteiger partial charge >= 0.3 is 0 Å². The van der Waals surface area contributed by atoms with Crippen LogP contribution in [0.15, 0.2) is 23.8 Å². The Hall–Kier alpha value is -1.09. The van der Waals surface area contributed by atoms with Crippen LogP contribution in [0.5, 0.6) is 0 Å². The van der Waals surface area contributed by atoms with Gasteiger partial charge in [-0.15, -0.1) is 0 Å². The number of aliphatic hydroxyl groups excluding tert-OH is 1. The fraction of sp³-hybridized carbons (Fsp3) is 0.545. The van der Waals surface area contributed by atoms with Crippen molar-refractivity contribution in [3.05, 3.63) is 23.8 Å². The third-order valence-corrected chi connectivity index (χ3v) is 1.94. The van der Waals surface area contributed by atoms with Gasteiger partial charge in [0.25, 0.3) is 0 Å². The molecule has 80 valence electrons. The van der Waals surface area contributed by atoms with Gasteiger partial charge in [-0.05, 0) is 19.4 Å². The second-order valence-corrected chi connectivity index (χ2v) is 3.17. The molecule has 1 unspecified atom stereocenters. The van der Waals surface area contributed by atoms with Gasteiger partial charge in [0.15, 0.2) is 0 Å². The molecule has 0 heterocycles. The Morgan fingerprint density at radius 1 is 1.50 bits per heavy atom. The van der Waals surface area contributed by atoms with E-state index in [1.807, 2.05) is 32.1 Å². The number of hydrogen-bond donors (Lipinski definition) is 2. The van der Waals surface area contributed by atoms with Crippen LogP contribution in [0.2, 0.25) is 0 Å². The minimum Gasteiger partial charge on any atom is -0.396 e. The van der Waals surface area contributed by atoms with Gasteiger partial charge < -0.3 is 10.4 Å². The third-order valence-electron chi connectivity index (χ3n) is 1.94. The molecule has 0 aromatic heterocycles. The fourth-order valence-corrected chi connectivity index (χ4v) is 0.918. The van der Waals surface area contributed by atoms with Gasteiger partial charge in [-0.1, -0.05) is 25.2 Å². The summed E-state index contributed by atoms with van der Waals surface area (Å²) < 4.78 is 0. The topological polar surface area (TPSA) is 49.3 Å². The molecular weight excluding hydrogens is 178 g/mol. The van der Waals surface area contributed by atoms with Crippen molar-refractivity contribution in [2.75, 3.05) is 13.2 Å².